The zero-order valence-electron chi connectivity index (χ0n) is 8.43. The Morgan fingerprint density at radius 1 is 1.40 bits per heavy atom. The summed E-state index contributed by atoms with van der Waals surface area (Å²) in [5.41, 5.74) is 11.4. The second-order valence-corrected chi connectivity index (χ2v) is 3.07. The van der Waals surface area contributed by atoms with E-state index < -0.39 is 6.03 Å². The van der Waals surface area contributed by atoms with Gasteiger partial charge in [0.2, 0.25) is 0 Å². The van der Waals surface area contributed by atoms with Gasteiger partial charge in [-0.05, 0) is 12.1 Å². The minimum Gasteiger partial charge on any atom is -0.351 e. The van der Waals surface area contributed by atoms with E-state index in [9.17, 15) is 9.59 Å². The molecular formula is C10H13N3O2. The van der Waals surface area contributed by atoms with E-state index in [0.717, 1.165) is 0 Å². The van der Waals surface area contributed by atoms with Gasteiger partial charge in [0.05, 0.1) is 6.54 Å². The van der Waals surface area contributed by atoms with Crippen molar-refractivity contribution in [3.8, 4) is 0 Å². The number of nitrogens with two attached hydrogens (primary N) is 2. The Bertz CT molecular complexity index is 390. The molecule has 0 aromatic heterocycles. The zero-order chi connectivity index (χ0) is 11.4. The number of nitrogens with zero attached hydrogens (tertiary/aromatic N) is 1. The van der Waals surface area contributed by atoms with Gasteiger partial charge in [0.25, 0.3) is 0 Å². The van der Waals surface area contributed by atoms with Gasteiger partial charge in [0, 0.05) is 18.3 Å². The Kier molecular flexibility index (Phi) is 3.41. The van der Waals surface area contributed by atoms with Gasteiger partial charge in [-0.3, -0.25) is 9.69 Å². The smallest absolute Gasteiger partial charge is 0.318 e. The van der Waals surface area contributed by atoms with Gasteiger partial charge in [0.15, 0.2) is 5.78 Å². The maximum Gasteiger partial charge on any atom is 0.318 e. The number of Topliss-reactive ketones (excluding diaryl/α,β-unsaturated/α-hetero) is 1. The molecule has 0 spiro atoms. The number of hydrogen-bond donors (Lipinski definition) is 2. The molecule has 0 radical (unpaired) electrons. The van der Waals surface area contributed by atoms with Gasteiger partial charge in [-0.1, -0.05) is 12.1 Å². The number of carbonyl (C=O) groups excluding carboxylic acids is 2. The number of anilines is 1. The minimum absolute atomic E-state index is 0.0518. The molecule has 0 saturated heterocycles. The molecule has 80 valence electrons. The maximum absolute atomic E-state index is 11.3. The molecule has 2 amide bonds. The highest BCUT2D eigenvalue weighted by Gasteiger charge is 2.09. The molecular weight excluding hydrogens is 194 g/mol. The van der Waals surface area contributed by atoms with Gasteiger partial charge in [0.1, 0.15) is 0 Å². The van der Waals surface area contributed by atoms with Crippen LogP contribution in [0.5, 0.6) is 0 Å². The van der Waals surface area contributed by atoms with Crippen molar-refractivity contribution in [2.45, 2.75) is 0 Å². The second-order valence-electron chi connectivity index (χ2n) is 3.07. The molecule has 15 heavy (non-hydrogen) atoms. The van der Waals surface area contributed by atoms with Crippen molar-refractivity contribution in [3.63, 3.8) is 0 Å². The highest BCUT2D eigenvalue weighted by Crippen LogP contribution is 2.14. The average Bonchev–Trinajstić information content (AvgIpc) is 2.27. The highest BCUT2D eigenvalue weighted by atomic mass is 16.2. The van der Waals surface area contributed by atoms with Crippen LogP contribution in [0.2, 0.25) is 0 Å². The SMILES string of the molecule is CN(C(N)=O)c1cccc(C(=O)CN)c1. The van der Waals surface area contributed by atoms with Crippen LogP contribution in [0, 0.1) is 0 Å². The van der Waals surface area contributed by atoms with Crippen molar-refractivity contribution >= 4 is 17.5 Å². The lowest BCUT2D eigenvalue weighted by Gasteiger charge is -2.14. The van der Waals surface area contributed by atoms with Crippen LogP contribution in [0.25, 0.3) is 0 Å². The first-order valence-electron chi connectivity index (χ1n) is 4.42. The lowest BCUT2D eigenvalue weighted by atomic mass is 10.1. The summed E-state index contributed by atoms with van der Waals surface area (Å²) < 4.78 is 0. The summed E-state index contributed by atoms with van der Waals surface area (Å²) in [7, 11) is 1.54. The normalized spacial score (nSPS) is 9.73. The number of ketones is 1. The Morgan fingerprint density at radius 2 is 2.07 bits per heavy atom. The molecule has 1 aromatic rings. The van der Waals surface area contributed by atoms with Crippen LogP contribution in [0.1, 0.15) is 10.4 Å². The summed E-state index contributed by atoms with van der Waals surface area (Å²) in [6, 6.07) is 6.02. The van der Waals surface area contributed by atoms with Gasteiger partial charge in [-0.2, -0.15) is 0 Å². The van der Waals surface area contributed by atoms with Crippen LogP contribution in [-0.2, 0) is 0 Å². The number of primary amides is 1. The second kappa shape index (κ2) is 4.56. The van der Waals surface area contributed by atoms with E-state index in [4.69, 9.17) is 11.5 Å². The molecule has 0 saturated carbocycles. The third-order valence-corrected chi connectivity index (χ3v) is 2.07. The van der Waals surface area contributed by atoms with E-state index in [-0.39, 0.29) is 12.3 Å². The number of benzene rings is 1. The van der Waals surface area contributed by atoms with E-state index in [2.05, 4.69) is 0 Å². The zero-order valence-corrected chi connectivity index (χ0v) is 8.43. The van der Waals surface area contributed by atoms with Crippen LogP contribution in [0.15, 0.2) is 24.3 Å². The van der Waals surface area contributed by atoms with Gasteiger partial charge < -0.3 is 11.5 Å². The van der Waals surface area contributed by atoms with Crippen LogP contribution < -0.4 is 16.4 Å². The van der Waals surface area contributed by atoms with Gasteiger partial charge in [-0.25, -0.2) is 4.79 Å². The number of urea groups is 1. The lowest BCUT2D eigenvalue weighted by Crippen LogP contribution is -2.31. The van der Waals surface area contributed by atoms with Crippen molar-refractivity contribution in [1.82, 2.24) is 0 Å². The predicted molar refractivity (Wildman–Crippen MR) is 57.8 cm³/mol. The molecule has 0 aliphatic rings. The van der Waals surface area contributed by atoms with Crippen molar-refractivity contribution in [3.05, 3.63) is 29.8 Å². The number of amides is 2. The number of carbonyl (C=O) groups is 2. The number of rotatable bonds is 3. The Hall–Kier alpha value is -1.88. The fraction of sp³-hybridized carbons (Fsp3) is 0.200. The predicted octanol–water partition coefficient (Wildman–Crippen LogP) is 0.343. The quantitative estimate of drug-likeness (QED) is 0.700. The van der Waals surface area contributed by atoms with Crippen molar-refractivity contribution in [1.29, 1.82) is 0 Å². The average molecular weight is 207 g/mol. The van der Waals surface area contributed by atoms with E-state index in [1.54, 1.807) is 24.3 Å². The highest BCUT2D eigenvalue weighted by molar-refractivity contribution is 5.99. The number of hydrogen-bond acceptors (Lipinski definition) is 3. The van der Waals surface area contributed by atoms with Gasteiger partial charge >= 0.3 is 6.03 Å². The first-order chi connectivity index (χ1) is 7.06. The third-order valence-electron chi connectivity index (χ3n) is 2.07. The maximum atomic E-state index is 11.3. The molecule has 0 aliphatic carbocycles. The van der Waals surface area contributed by atoms with E-state index >= 15 is 0 Å². The molecule has 0 fully saturated rings. The summed E-state index contributed by atoms with van der Waals surface area (Å²) in [6.07, 6.45) is 0. The standard InChI is InChI=1S/C10H13N3O2/c1-13(10(12)15)8-4-2-3-7(5-8)9(14)6-11/h2-5H,6,11H2,1H3,(H2,12,15). The summed E-state index contributed by atoms with van der Waals surface area (Å²) in [6.45, 7) is -0.0518. The molecule has 0 aliphatic heterocycles. The largest absolute Gasteiger partial charge is 0.351 e. The third kappa shape index (κ3) is 2.54. The monoisotopic (exact) mass is 207 g/mol. The van der Waals surface area contributed by atoms with Crippen molar-refractivity contribution < 1.29 is 9.59 Å². The fourth-order valence-electron chi connectivity index (χ4n) is 1.13. The summed E-state index contributed by atoms with van der Waals surface area (Å²) in [5.74, 6) is -0.172. The molecule has 5 nitrogen and oxygen atoms in total. The fourth-order valence-corrected chi connectivity index (χ4v) is 1.13. The molecule has 1 rings (SSSR count). The topological polar surface area (TPSA) is 89.4 Å². The molecule has 4 N–H and O–H groups in total. The molecule has 0 heterocycles. The van der Waals surface area contributed by atoms with E-state index in [0.29, 0.717) is 11.3 Å². The molecule has 0 bridgehead atoms. The van der Waals surface area contributed by atoms with Crippen LogP contribution in [0.3, 0.4) is 0 Å². The van der Waals surface area contributed by atoms with Crippen LogP contribution in [0.4, 0.5) is 10.5 Å². The molecule has 0 unspecified atom stereocenters. The summed E-state index contributed by atoms with van der Waals surface area (Å²) in [4.78, 5) is 23.4. The van der Waals surface area contributed by atoms with Crippen LogP contribution in [-0.4, -0.2) is 25.4 Å². The minimum atomic E-state index is -0.577. The Morgan fingerprint density at radius 3 is 2.60 bits per heavy atom. The van der Waals surface area contributed by atoms with Gasteiger partial charge in [-0.15, -0.1) is 0 Å². The molecule has 5 heteroatoms. The van der Waals surface area contributed by atoms with Crippen molar-refractivity contribution in [2.75, 3.05) is 18.5 Å². The summed E-state index contributed by atoms with van der Waals surface area (Å²) >= 11 is 0. The van der Waals surface area contributed by atoms with Crippen molar-refractivity contribution in [2.24, 2.45) is 11.5 Å². The molecule has 0 atom stereocenters. The Labute approximate surface area is 87.7 Å². The first-order valence-corrected chi connectivity index (χ1v) is 4.42. The van der Waals surface area contributed by atoms with E-state index in [1.807, 2.05) is 0 Å². The van der Waals surface area contributed by atoms with E-state index in [1.165, 1.54) is 11.9 Å². The first kappa shape index (κ1) is 11.2. The Balaban J connectivity index is 3.02. The van der Waals surface area contributed by atoms with Crippen LogP contribution >= 0.6 is 0 Å². The lowest BCUT2D eigenvalue weighted by molar-refractivity contribution is 0.100. The summed E-state index contributed by atoms with van der Waals surface area (Å²) in [5, 5.41) is 0. The molecule has 1 aromatic carbocycles.